The molecule has 0 fully saturated rings. The van der Waals surface area contributed by atoms with Crippen LogP contribution in [0.15, 0.2) is 36.4 Å². The summed E-state index contributed by atoms with van der Waals surface area (Å²) in [6.07, 6.45) is 0. The maximum Gasteiger partial charge on any atom is 0.165 e. The summed E-state index contributed by atoms with van der Waals surface area (Å²) in [4.78, 5) is 0. The Morgan fingerprint density at radius 3 is 2.40 bits per heavy atom. The third kappa shape index (κ3) is 3.36. The summed E-state index contributed by atoms with van der Waals surface area (Å²) in [6, 6.07) is 10.7. The molecule has 0 aliphatic rings. The molecule has 0 aliphatic heterocycles. The lowest BCUT2D eigenvalue weighted by Crippen LogP contribution is -2.20. The van der Waals surface area contributed by atoms with Gasteiger partial charge in [0.05, 0.1) is 6.04 Å². The smallest absolute Gasteiger partial charge is 0.165 e. The van der Waals surface area contributed by atoms with E-state index in [1.807, 2.05) is 32.9 Å². The van der Waals surface area contributed by atoms with Crippen LogP contribution in [0.4, 0.5) is 4.39 Å². The average Bonchev–Trinajstić information content (AvgIpc) is 2.39. The molecule has 0 bridgehead atoms. The van der Waals surface area contributed by atoms with E-state index in [4.69, 9.17) is 10.5 Å². The van der Waals surface area contributed by atoms with E-state index in [1.165, 1.54) is 11.6 Å². The quantitative estimate of drug-likeness (QED) is 0.918. The molecule has 3 heteroatoms. The van der Waals surface area contributed by atoms with E-state index in [-0.39, 0.29) is 24.2 Å². The lowest BCUT2D eigenvalue weighted by molar-refractivity contribution is 0.277. The van der Waals surface area contributed by atoms with Crippen LogP contribution in [0, 0.1) is 26.6 Å². The molecule has 2 rings (SSSR count). The van der Waals surface area contributed by atoms with Crippen molar-refractivity contribution in [2.45, 2.75) is 26.8 Å². The highest BCUT2D eigenvalue weighted by atomic mass is 19.1. The van der Waals surface area contributed by atoms with Crippen molar-refractivity contribution < 1.29 is 9.13 Å². The SMILES string of the molecule is Cc1ccc(C(N)COc2cc(C)ccc2F)c(C)c1. The standard InChI is InChI=1S/C17H20FNO/c1-11-4-6-14(13(3)8-11)16(19)10-20-17-9-12(2)5-7-15(17)18/h4-9,16H,10,19H2,1-3H3. The summed E-state index contributed by atoms with van der Waals surface area (Å²) >= 11 is 0. The van der Waals surface area contributed by atoms with Gasteiger partial charge in [-0.25, -0.2) is 4.39 Å². The van der Waals surface area contributed by atoms with Gasteiger partial charge in [0.25, 0.3) is 0 Å². The minimum absolute atomic E-state index is 0.254. The number of hydrogen-bond acceptors (Lipinski definition) is 2. The first-order valence-corrected chi connectivity index (χ1v) is 6.69. The number of ether oxygens (including phenoxy) is 1. The summed E-state index contributed by atoms with van der Waals surface area (Å²) in [7, 11) is 0. The Balaban J connectivity index is 2.08. The predicted molar refractivity (Wildman–Crippen MR) is 79.5 cm³/mol. The van der Waals surface area contributed by atoms with Gasteiger partial charge in [0.15, 0.2) is 11.6 Å². The second-order valence-electron chi connectivity index (χ2n) is 5.21. The van der Waals surface area contributed by atoms with Crippen LogP contribution in [0.1, 0.15) is 28.3 Å². The molecule has 2 aromatic carbocycles. The zero-order valence-electron chi connectivity index (χ0n) is 12.1. The summed E-state index contributed by atoms with van der Waals surface area (Å²) in [5.74, 6) is -0.103. The Morgan fingerprint density at radius 1 is 1.05 bits per heavy atom. The Hall–Kier alpha value is -1.87. The molecule has 0 spiro atoms. The summed E-state index contributed by atoms with van der Waals surface area (Å²) < 4.78 is 19.1. The number of aryl methyl sites for hydroxylation is 3. The van der Waals surface area contributed by atoms with Gasteiger partial charge in [-0.05, 0) is 49.6 Å². The molecule has 0 aromatic heterocycles. The van der Waals surface area contributed by atoms with Gasteiger partial charge in [-0.15, -0.1) is 0 Å². The Kier molecular flexibility index (Phi) is 4.40. The van der Waals surface area contributed by atoms with E-state index in [2.05, 4.69) is 6.07 Å². The molecule has 0 heterocycles. The third-order valence-electron chi connectivity index (χ3n) is 3.33. The fourth-order valence-corrected chi connectivity index (χ4v) is 2.23. The fourth-order valence-electron chi connectivity index (χ4n) is 2.23. The number of halogens is 1. The first kappa shape index (κ1) is 14.5. The third-order valence-corrected chi connectivity index (χ3v) is 3.33. The predicted octanol–water partition coefficient (Wildman–Crippen LogP) is 3.83. The van der Waals surface area contributed by atoms with Crippen molar-refractivity contribution in [1.29, 1.82) is 0 Å². The molecule has 0 saturated carbocycles. The van der Waals surface area contributed by atoms with Gasteiger partial charge >= 0.3 is 0 Å². The zero-order chi connectivity index (χ0) is 14.7. The van der Waals surface area contributed by atoms with Crippen molar-refractivity contribution >= 4 is 0 Å². The Labute approximate surface area is 119 Å². The van der Waals surface area contributed by atoms with Gasteiger partial charge in [0, 0.05) is 0 Å². The molecule has 0 saturated heterocycles. The summed E-state index contributed by atoms with van der Waals surface area (Å²) in [5, 5.41) is 0. The van der Waals surface area contributed by atoms with Gasteiger partial charge in [0.2, 0.25) is 0 Å². The van der Waals surface area contributed by atoms with Crippen LogP contribution in [0.3, 0.4) is 0 Å². The van der Waals surface area contributed by atoms with Gasteiger partial charge in [-0.2, -0.15) is 0 Å². The number of nitrogens with two attached hydrogens (primary N) is 1. The molecular weight excluding hydrogens is 253 g/mol. The lowest BCUT2D eigenvalue weighted by Gasteiger charge is -2.16. The van der Waals surface area contributed by atoms with Gasteiger partial charge in [-0.3, -0.25) is 0 Å². The molecule has 2 N–H and O–H groups in total. The first-order chi connectivity index (χ1) is 9.47. The van der Waals surface area contributed by atoms with Crippen molar-refractivity contribution in [2.75, 3.05) is 6.61 Å². The van der Waals surface area contributed by atoms with E-state index in [1.54, 1.807) is 12.1 Å². The topological polar surface area (TPSA) is 35.2 Å². The lowest BCUT2D eigenvalue weighted by atomic mass is 10.0. The molecule has 0 amide bonds. The van der Waals surface area contributed by atoms with Crippen LogP contribution in [0.5, 0.6) is 5.75 Å². The molecule has 1 atom stereocenters. The second kappa shape index (κ2) is 6.06. The van der Waals surface area contributed by atoms with Crippen LogP contribution < -0.4 is 10.5 Å². The average molecular weight is 273 g/mol. The highest BCUT2D eigenvalue weighted by Gasteiger charge is 2.11. The largest absolute Gasteiger partial charge is 0.489 e. The van der Waals surface area contributed by atoms with E-state index in [0.717, 1.165) is 16.7 Å². The molecular formula is C17H20FNO. The van der Waals surface area contributed by atoms with Crippen LogP contribution in [-0.2, 0) is 0 Å². The normalized spacial score (nSPS) is 12.2. The molecule has 0 radical (unpaired) electrons. The highest BCUT2D eigenvalue weighted by Crippen LogP contribution is 2.22. The zero-order valence-corrected chi connectivity index (χ0v) is 12.1. The van der Waals surface area contributed by atoms with Crippen molar-refractivity contribution in [2.24, 2.45) is 5.73 Å². The van der Waals surface area contributed by atoms with Crippen molar-refractivity contribution in [1.82, 2.24) is 0 Å². The molecule has 1 unspecified atom stereocenters. The monoisotopic (exact) mass is 273 g/mol. The Bertz CT molecular complexity index is 610. The van der Waals surface area contributed by atoms with Crippen LogP contribution in [0.25, 0.3) is 0 Å². The Morgan fingerprint density at radius 2 is 1.70 bits per heavy atom. The highest BCUT2D eigenvalue weighted by molar-refractivity contribution is 5.33. The van der Waals surface area contributed by atoms with Gasteiger partial charge in [-0.1, -0.05) is 29.8 Å². The summed E-state index contributed by atoms with van der Waals surface area (Å²) in [6.45, 7) is 6.22. The van der Waals surface area contributed by atoms with Crippen LogP contribution in [0.2, 0.25) is 0 Å². The summed E-state index contributed by atoms with van der Waals surface area (Å²) in [5.41, 5.74) is 10.5. The molecule has 106 valence electrons. The van der Waals surface area contributed by atoms with E-state index < -0.39 is 0 Å². The first-order valence-electron chi connectivity index (χ1n) is 6.69. The van der Waals surface area contributed by atoms with Crippen molar-refractivity contribution in [3.05, 3.63) is 64.5 Å². The van der Waals surface area contributed by atoms with Crippen LogP contribution >= 0.6 is 0 Å². The maximum absolute atomic E-state index is 13.6. The molecule has 20 heavy (non-hydrogen) atoms. The van der Waals surface area contributed by atoms with E-state index >= 15 is 0 Å². The number of hydrogen-bond donors (Lipinski definition) is 1. The van der Waals surface area contributed by atoms with E-state index in [0.29, 0.717) is 0 Å². The van der Waals surface area contributed by atoms with Gasteiger partial charge < -0.3 is 10.5 Å². The van der Waals surface area contributed by atoms with E-state index in [9.17, 15) is 4.39 Å². The number of benzene rings is 2. The molecule has 0 aliphatic carbocycles. The number of rotatable bonds is 4. The van der Waals surface area contributed by atoms with Crippen LogP contribution in [-0.4, -0.2) is 6.61 Å². The second-order valence-corrected chi connectivity index (χ2v) is 5.21. The van der Waals surface area contributed by atoms with Gasteiger partial charge in [0.1, 0.15) is 6.61 Å². The molecule has 2 nitrogen and oxygen atoms in total. The minimum Gasteiger partial charge on any atom is -0.489 e. The van der Waals surface area contributed by atoms with Crippen molar-refractivity contribution in [3.8, 4) is 5.75 Å². The fraction of sp³-hybridized carbons (Fsp3) is 0.294. The maximum atomic E-state index is 13.6. The molecule has 2 aromatic rings. The minimum atomic E-state index is -0.358. The van der Waals surface area contributed by atoms with Crippen molar-refractivity contribution in [3.63, 3.8) is 0 Å².